The molecule has 0 saturated carbocycles. The van der Waals surface area contributed by atoms with Gasteiger partial charge < -0.3 is 9.64 Å². The van der Waals surface area contributed by atoms with Crippen LogP contribution < -0.4 is 10.2 Å². The lowest BCUT2D eigenvalue weighted by Gasteiger charge is -2.32. The summed E-state index contributed by atoms with van der Waals surface area (Å²) in [4.78, 5) is 19.5. The third-order valence-electron chi connectivity index (χ3n) is 5.11. The van der Waals surface area contributed by atoms with Crippen LogP contribution in [0.3, 0.4) is 0 Å². The first-order valence-electron chi connectivity index (χ1n) is 9.40. The third-order valence-corrected chi connectivity index (χ3v) is 5.51. The molecule has 0 spiro atoms. The molecule has 29 heavy (non-hydrogen) atoms. The maximum atomic E-state index is 12.8. The van der Waals surface area contributed by atoms with E-state index in [0.717, 1.165) is 37.6 Å². The number of carbonyl (C=O) groups is 1. The summed E-state index contributed by atoms with van der Waals surface area (Å²) in [5.41, 5.74) is 5.38. The van der Waals surface area contributed by atoms with Crippen LogP contribution in [-0.4, -0.2) is 70.9 Å². The molecule has 0 bridgehead atoms. The molecule has 1 aliphatic rings. The monoisotopic (exact) mass is 414 g/mol. The Hall–Kier alpha value is -2.68. The average molecular weight is 415 g/mol. The molecule has 1 aromatic carbocycles. The second-order valence-corrected chi connectivity index (χ2v) is 7.49. The highest BCUT2D eigenvalue weighted by Gasteiger charge is 2.22. The first-order chi connectivity index (χ1) is 14.0. The fraction of sp³-hybridized carbons (Fsp3) is 0.350. The molecule has 3 heterocycles. The van der Waals surface area contributed by atoms with E-state index in [1.807, 2.05) is 36.2 Å². The fourth-order valence-corrected chi connectivity index (χ4v) is 3.77. The molecular weight excluding hydrogens is 392 g/mol. The number of hydrogen-bond donors (Lipinski definition) is 1. The summed E-state index contributed by atoms with van der Waals surface area (Å²) in [5.74, 6) is 0.459. The van der Waals surface area contributed by atoms with Gasteiger partial charge in [-0.15, -0.1) is 0 Å². The molecule has 4 rings (SSSR count). The zero-order valence-corrected chi connectivity index (χ0v) is 17.4. The van der Waals surface area contributed by atoms with Gasteiger partial charge in [0.25, 0.3) is 5.91 Å². The largest absolute Gasteiger partial charge is 0.497 e. The summed E-state index contributed by atoms with van der Waals surface area (Å²) in [6, 6.07) is 7.53. The smallest absolute Gasteiger partial charge is 0.268 e. The van der Waals surface area contributed by atoms with Crippen molar-refractivity contribution in [3.63, 3.8) is 0 Å². The van der Waals surface area contributed by atoms with E-state index in [4.69, 9.17) is 16.3 Å². The number of piperazine rings is 1. The molecule has 152 valence electrons. The van der Waals surface area contributed by atoms with Gasteiger partial charge in [0.15, 0.2) is 5.65 Å². The fourth-order valence-electron chi connectivity index (χ4n) is 3.41. The number of methoxy groups -OCH3 is 1. The minimum atomic E-state index is -0.262. The summed E-state index contributed by atoms with van der Waals surface area (Å²) in [5, 5.41) is 7.52. The Morgan fingerprint density at radius 1 is 1.24 bits per heavy atom. The number of nitrogens with one attached hydrogen (secondary N) is 1. The van der Waals surface area contributed by atoms with Crippen LogP contribution in [0, 0.1) is 6.92 Å². The molecule has 0 radical (unpaired) electrons. The molecular formula is C20H23ClN6O2. The van der Waals surface area contributed by atoms with Crippen molar-refractivity contribution >= 4 is 28.5 Å². The normalized spacial score (nSPS) is 15.6. The minimum absolute atomic E-state index is 0.262. The second kappa shape index (κ2) is 7.98. The number of hydrazine groups is 1. The van der Waals surface area contributed by atoms with Crippen LogP contribution in [0.4, 0.5) is 0 Å². The Balaban J connectivity index is 1.67. The van der Waals surface area contributed by atoms with Crippen LogP contribution >= 0.6 is 11.6 Å². The number of nitrogens with zero attached hydrogens (tertiary/aromatic N) is 5. The molecule has 3 aromatic rings. The predicted octanol–water partition coefficient (Wildman–Crippen LogP) is 2.28. The van der Waals surface area contributed by atoms with Crippen molar-refractivity contribution in [3.8, 4) is 11.4 Å². The highest BCUT2D eigenvalue weighted by molar-refractivity contribution is 6.38. The summed E-state index contributed by atoms with van der Waals surface area (Å²) >= 11 is 6.64. The number of likely N-dealkylation sites (N-methyl/N-ethyl adjacent to an activating group) is 1. The summed E-state index contributed by atoms with van der Waals surface area (Å²) in [7, 11) is 3.68. The highest BCUT2D eigenvalue weighted by atomic mass is 35.5. The maximum Gasteiger partial charge on any atom is 0.268 e. The quantitative estimate of drug-likeness (QED) is 0.706. The molecule has 1 N–H and O–H groups in total. The Labute approximate surface area is 174 Å². The van der Waals surface area contributed by atoms with Crippen molar-refractivity contribution in [2.75, 3.05) is 40.3 Å². The molecule has 0 atom stereocenters. The lowest BCUT2D eigenvalue weighted by Crippen LogP contribution is -2.52. The molecule has 8 nitrogen and oxygen atoms in total. The topological polar surface area (TPSA) is 75.5 Å². The Bertz CT molecular complexity index is 1060. The van der Waals surface area contributed by atoms with Gasteiger partial charge in [0.05, 0.1) is 34.5 Å². The number of benzene rings is 1. The number of amides is 1. The molecule has 0 unspecified atom stereocenters. The number of halogens is 1. The molecule has 1 amide bonds. The summed E-state index contributed by atoms with van der Waals surface area (Å²) < 4.78 is 7.01. The second-order valence-electron chi connectivity index (χ2n) is 7.11. The molecule has 9 heteroatoms. The Morgan fingerprint density at radius 2 is 2.00 bits per heavy atom. The lowest BCUT2D eigenvalue weighted by atomic mass is 10.2. The molecule has 0 aliphatic carbocycles. The summed E-state index contributed by atoms with van der Waals surface area (Å²) in [6.07, 6.45) is 1.51. The van der Waals surface area contributed by atoms with E-state index in [1.54, 1.807) is 11.8 Å². The van der Waals surface area contributed by atoms with Gasteiger partial charge in [-0.2, -0.15) is 5.10 Å². The number of ether oxygens (including phenoxy) is 1. The third kappa shape index (κ3) is 3.78. The van der Waals surface area contributed by atoms with E-state index in [2.05, 4.69) is 27.5 Å². The standard InChI is InChI=1S/C20H23ClN6O2/c1-13-17-18(21)16(20(28)24-26-9-7-25(2)8-10-26)12-22-19(17)27(23-13)14-5-4-6-15(11-14)29-3/h4-6,11-12H,7-10H2,1-3H3,(H,24,28). The van der Waals surface area contributed by atoms with E-state index < -0.39 is 0 Å². The van der Waals surface area contributed by atoms with Gasteiger partial charge in [0, 0.05) is 38.4 Å². The van der Waals surface area contributed by atoms with Crippen LogP contribution in [0.15, 0.2) is 30.5 Å². The van der Waals surface area contributed by atoms with Crippen molar-refractivity contribution in [3.05, 3.63) is 46.7 Å². The number of aryl methyl sites for hydroxylation is 1. The van der Waals surface area contributed by atoms with E-state index >= 15 is 0 Å². The Morgan fingerprint density at radius 3 is 2.72 bits per heavy atom. The van der Waals surface area contributed by atoms with Crippen molar-refractivity contribution in [2.45, 2.75) is 6.92 Å². The van der Waals surface area contributed by atoms with Gasteiger partial charge in [-0.1, -0.05) is 17.7 Å². The molecule has 2 aromatic heterocycles. The van der Waals surface area contributed by atoms with Crippen molar-refractivity contribution in [2.24, 2.45) is 0 Å². The summed E-state index contributed by atoms with van der Waals surface area (Å²) in [6.45, 7) is 5.19. The highest BCUT2D eigenvalue weighted by Crippen LogP contribution is 2.30. The van der Waals surface area contributed by atoms with Gasteiger partial charge in [-0.25, -0.2) is 14.7 Å². The zero-order valence-electron chi connectivity index (χ0n) is 16.6. The maximum absolute atomic E-state index is 12.8. The van der Waals surface area contributed by atoms with Crippen molar-refractivity contribution in [1.29, 1.82) is 0 Å². The number of carbonyl (C=O) groups excluding carboxylic acids is 1. The van der Waals surface area contributed by atoms with E-state index in [-0.39, 0.29) is 5.91 Å². The first-order valence-corrected chi connectivity index (χ1v) is 9.78. The van der Waals surface area contributed by atoms with Crippen LogP contribution in [0.2, 0.25) is 5.02 Å². The molecule has 1 aliphatic heterocycles. The van der Waals surface area contributed by atoms with Gasteiger partial charge in [0.2, 0.25) is 0 Å². The zero-order chi connectivity index (χ0) is 20.5. The van der Waals surface area contributed by atoms with Crippen molar-refractivity contribution in [1.82, 2.24) is 30.1 Å². The SMILES string of the molecule is COc1cccc(-n2nc(C)c3c(Cl)c(C(=O)NN4CCN(C)CC4)cnc32)c1. The van der Waals surface area contributed by atoms with Crippen LogP contribution in [0.5, 0.6) is 5.75 Å². The van der Waals surface area contributed by atoms with E-state index in [0.29, 0.717) is 27.3 Å². The van der Waals surface area contributed by atoms with Gasteiger partial charge in [-0.05, 0) is 26.1 Å². The number of fused-ring (bicyclic) bond motifs is 1. The number of rotatable bonds is 4. The predicted molar refractivity (Wildman–Crippen MR) is 112 cm³/mol. The van der Waals surface area contributed by atoms with Crippen molar-refractivity contribution < 1.29 is 9.53 Å². The first kappa shape index (κ1) is 19.6. The van der Waals surface area contributed by atoms with Gasteiger partial charge >= 0.3 is 0 Å². The van der Waals surface area contributed by atoms with Crippen LogP contribution in [0.25, 0.3) is 16.7 Å². The number of pyridine rings is 1. The molecule has 1 fully saturated rings. The van der Waals surface area contributed by atoms with Gasteiger partial charge in [0.1, 0.15) is 5.75 Å². The average Bonchev–Trinajstić information content (AvgIpc) is 3.07. The van der Waals surface area contributed by atoms with E-state index in [1.165, 1.54) is 6.20 Å². The van der Waals surface area contributed by atoms with Crippen LogP contribution in [0.1, 0.15) is 16.1 Å². The number of hydrogen-bond acceptors (Lipinski definition) is 6. The van der Waals surface area contributed by atoms with E-state index in [9.17, 15) is 4.79 Å². The van der Waals surface area contributed by atoms with Crippen LogP contribution in [-0.2, 0) is 0 Å². The Kier molecular flexibility index (Phi) is 5.40. The van der Waals surface area contributed by atoms with Gasteiger partial charge in [-0.3, -0.25) is 10.2 Å². The lowest BCUT2D eigenvalue weighted by molar-refractivity contribution is 0.0662. The number of aromatic nitrogens is 3. The minimum Gasteiger partial charge on any atom is -0.497 e. The molecule has 1 saturated heterocycles.